The van der Waals surface area contributed by atoms with Crippen LogP contribution in [0.1, 0.15) is 39.0 Å². The Morgan fingerprint density at radius 2 is 2.05 bits per heavy atom. The fourth-order valence-electron chi connectivity index (χ4n) is 3.27. The molecule has 0 aromatic carbocycles. The van der Waals surface area contributed by atoms with Gasteiger partial charge in [0.25, 0.3) is 0 Å². The van der Waals surface area contributed by atoms with Crippen LogP contribution in [0.5, 0.6) is 0 Å². The molecule has 128 valence electrons. The van der Waals surface area contributed by atoms with E-state index in [1.165, 1.54) is 7.11 Å². The van der Waals surface area contributed by atoms with E-state index in [0.29, 0.717) is 13.1 Å². The average molecular weight is 334 g/mol. The van der Waals surface area contributed by atoms with Crippen molar-refractivity contribution in [3.63, 3.8) is 0 Å². The van der Waals surface area contributed by atoms with Crippen LogP contribution in [-0.2, 0) is 14.3 Å². The first kappa shape index (κ1) is 19.2. The number of nitrogens with one attached hydrogen (secondary N) is 2. The zero-order valence-corrected chi connectivity index (χ0v) is 14.3. The minimum absolute atomic E-state index is 0. The van der Waals surface area contributed by atoms with Gasteiger partial charge in [-0.1, -0.05) is 6.92 Å². The molecule has 0 saturated carbocycles. The van der Waals surface area contributed by atoms with Gasteiger partial charge in [0.1, 0.15) is 6.61 Å². The summed E-state index contributed by atoms with van der Waals surface area (Å²) in [6.07, 6.45) is 4.44. The minimum atomic E-state index is -0.372. The Kier molecular flexibility index (Phi) is 7.59. The van der Waals surface area contributed by atoms with Crippen molar-refractivity contribution >= 4 is 24.2 Å². The lowest BCUT2D eigenvalue weighted by Crippen LogP contribution is -2.57. The SMILES string of the molecule is CCC1(C(=O)NC2CCN(C(=O)COC)CC2)CCCN1.Cl. The molecule has 0 radical (unpaired) electrons. The smallest absolute Gasteiger partial charge is 0.248 e. The predicted octanol–water partition coefficient (Wildman–Crippen LogP) is 0.694. The van der Waals surface area contributed by atoms with Gasteiger partial charge in [0.15, 0.2) is 0 Å². The number of piperidine rings is 1. The lowest BCUT2D eigenvalue weighted by atomic mass is 9.92. The average Bonchev–Trinajstić information content (AvgIpc) is 2.98. The second-order valence-corrected chi connectivity index (χ2v) is 6.03. The Morgan fingerprint density at radius 3 is 2.55 bits per heavy atom. The van der Waals surface area contributed by atoms with E-state index in [9.17, 15) is 9.59 Å². The first-order chi connectivity index (χ1) is 10.1. The zero-order valence-electron chi connectivity index (χ0n) is 13.5. The van der Waals surface area contributed by atoms with Crippen LogP contribution in [-0.4, -0.2) is 61.6 Å². The second kappa shape index (κ2) is 8.70. The number of ether oxygens (including phenoxy) is 1. The van der Waals surface area contributed by atoms with Gasteiger partial charge in [-0.05, 0) is 38.6 Å². The Balaban J connectivity index is 0.00000242. The molecule has 0 aliphatic carbocycles. The van der Waals surface area contributed by atoms with Crippen molar-refractivity contribution in [1.82, 2.24) is 15.5 Å². The van der Waals surface area contributed by atoms with Crippen molar-refractivity contribution in [2.45, 2.75) is 50.6 Å². The molecule has 2 heterocycles. The van der Waals surface area contributed by atoms with E-state index in [1.807, 2.05) is 4.90 Å². The van der Waals surface area contributed by atoms with Crippen LogP contribution in [0.3, 0.4) is 0 Å². The molecular weight excluding hydrogens is 306 g/mol. The molecule has 2 amide bonds. The third-order valence-electron chi connectivity index (χ3n) is 4.73. The number of hydrogen-bond acceptors (Lipinski definition) is 4. The standard InChI is InChI=1S/C15H27N3O3.ClH/c1-3-15(7-4-8-16-15)14(20)17-12-5-9-18(10-6-12)13(19)11-21-2;/h12,16H,3-11H2,1-2H3,(H,17,20);1H. The first-order valence-corrected chi connectivity index (χ1v) is 7.94. The summed E-state index contributed by atoms with van der Waals surface area (Å²) in [6.45, 7) is 4.51. The van der Waals surface area contributed by atoms with Crippen LogP contribution in [0.2, 0.25) is 0 Å². The Labute approximate surface area is 138 Å². The van der Waals surface area contributed by atoms with Gasteiger partial charge in [0, 0.05) is 26.2 Å². The van der Waals surface area contributed by atoms with Gasteiger partial charge >= 0.3 is 0 Å². The number of nitrogens with zero attached hydrogens (tertiary/aromatic N) is 1. The molecular formula is C15H28ClN3O3. The molecule has 0 aromatic rings. The maximum absolute atomic E-state index is 12.5. The summed E-state index contributed by atoms with van der Waals surface area (Å²) >= 11 is 0. The monoisotopic (exact) mass is 333 g/mol. The van der Waals surface area contributed by atoms with E-state index in [0.717, 1.165) is 38.6 Å². The highest BCUT2D eigenvalue weighted by atomic mass is 35.5. The number of halogens is 1. The summed E-state index contributed by atoms with van der Waals surface area (Å²) in [5.74, 6) is 0.161. The van der Waals surface area contributed by atoms with Crippen molar-refractivity contribution < 1.29 is 14.3 Å². The van der Waals surface area contributed by atoms with Crippen LogP contribution < -0.4 is 10.6 Å². The van der Waals surface area contributed by atoms with Gasteiger partial charge in [-0.2, -0.15) is 0 Å². The normalized spacial score (nSPS) is 25.6. The highest BCUT2D eigenvalue weighted by molar-refractivity contribution is 5.87. The van der Waals surface area contributed by atoms with Crippen molar-refractivity contribution in [2.24, 2.45) is 0 Å². The number of rotatable bonds is 5. The molecule has 2 rings (SSSR count). The summed E-state index contributed by atoms with van der Waals surface area (Å²) in [4.78, 5) is 26.1. The molecule has 0 aromatic heterocycles. The molecule has 22 heavy (non-hydrogen) atoms. The lowest BCUT2D eigenvalue weighted by molar-refractivity contribution is -0.136. The molecule has 2 fully saturated rings. The molecule has 2 aliphatic heterocycles. The van der Waals surface area contributed by atoms with Crippen LogP contribution in [0.25, 0.3) is 0 Å². The maximum Gasteiger partial charge on any atom is 0.248 e. The Bertz CT molecular complexity index is 378. The summed E-state index contributed by atoms with van der Waals surface area (Å²) in [7, 11) is 1.53. The summed E-state index contributed by atoms with van der Waals surface area (Å²) in [5.41, 5.74) is -0.372. The molecule has 6 nitrogen and oxygen atoms in total. The van der Waals surface area contributed by atoms with Gasteiger partial charge in [0.2, 0.25) is 11.8 Å². The quantitative estimate of drug-likeness (QED) is 0.777. The highest BCUT2D eigenvalue weighted by Gasteiger charge is 2.40. The number of carbonyl (C=O) groups is 2. The van der Waals surface area contributed by atoms with Crippen molar-refractivity contribution in [2.75, 3.05) is 33.4 Å². The Morgan fingerprint density at radius 1 is 1.36 bits per heavy atom. The molecule has 1 atom stereocenters. The van der Waals surface area contributed by atoms with Gasteiger partial charge in [-0.25, -0.2) is 0 Å². The second-order valence-electron chi connectivity index (χ2n) is 6.03. The van der Waals surface area contributed by atoms with Crippen LogP contribution in [0.15, 0.2) is 0 Å². The first-order valence-electron chi connectivity index (χ1n) is 7.94. The summed E-state index contributed by atoms with van der Waals surface area (Å²) in [5, 5.41) is 6.53. The van der Waals surface area contributed by atoms with Gasteiger partial charge in [-0.3, -0.25) is 9.59 Å². The van der Waals surface area contributed by atoms with Gasteiger partial charge in [0.05, 0.1) is 5.54 Å². The highest BCUT2D eigenvalue weighted by Crippen LogP contribution is 2.24. The fraction of sp³-hybridized carbons (Fsp3) is 0.867. The number of carbonyl (C=O) groups excluding carboxylic acids is 2. The van der Waals surface area contributed by atoms with E-state index >= 15 is 0 Å². The third kappa shape index (κ3) is 4.33. The van der Waals surface area contributed by atoms with Crippen molar-refractivity contribution in [1.29, 1.82) is 0 Å². The maximum atomic E-state index is 12.5. The number of methoxy groups -OCH3 is 1. The summed E-state index contributed by atoms with van der Waals surface area (Å²) in [6, 6.07) is 0.176. The van der Waals surface area contributed by atoms with E-state index in [1.54, 1.807) is 0 Å². The topological polar surface area (TPSA) is 70.7 Å². The molecule has 2 saturated heterocycles. The van der Waals surface area contributed by atoms with Gasteiger partial charge in [-0.15, -0.1) is 12.4 Å². The molecule has 1 unspecified atom stereocenters. The molecule has 7 heteroatoms. The van der Waals surface area contributed by atoms with Crippen molar-refractivity contribution in [3.8, 4) is 0 Å². The van der Waals surface area contributed by atoms with Crippen molar-refractivity contribution in [3.05, 3.63) is 0 Å². The predicted molar refractivity (Wildman–Crippen MR) is 87.1 cm³/mol. The van der Waals surface area contributed by atoms with Crippen LogP contribution >= 0.6 is 12.4 Å². The molecule has 0 spiro atoms. The van der Waals surface area contributed by atoms with E-state index < -0.39 is 0 Å². The number of amides is 2. The fourth-order valence-corrected chi connectivity index (χ4v) is 3.27. The number of hydrogen-bond donors (Lipinski definition) is 2. The van der Waals surface area contributed by atoms with Crippen LogP contribution in [0, 0.1) is 0 Å². The van der Waals surface area contributed by atoms with Crippen LogP contribution in [0.4, 0.5) is 0 Å². The lowest BCUT2D eigenvalue weighted by Gasteiger charge is -2.35. The molecule has 2 aliphatic rings. The third-order valence-corrected chi connectivity index (χ3v) is 4.73. The van der Waals surface area contributed by atoms with E-state index in [-0.39, 0.29) is 42.4 Å². The van der Waals surface area contributed by atoms with Gasteiger partial charge < -0.3 is 20.3 Å². The minimum Gasteiger partial charge on any atom is -0.375 e. The zero-order chi connectivity index (χ0) is 15.3. The summed E-state index contributed by atoms with van der Waals surface area (Å²) < 4.78 is 4.87. The largest absolute Gasteiger partial charge is 0.375 e. The van der Waals surface area contributed by atoms with E-state index in [4.69, 9.17) is 4.74 Å². The molecule has 2 N–H and O–H groups in total. The molecule has 0 bridgehead atoms. The van der Waals surface area contributed by atoms with E-state index in [2.05, 4.69) is 17.6 Å². The number of likely N-dealkylation sites (tertiary alicyclic amines) is 1. The Hall–Kier alpha value is -0.850.